The summed E-state index contributed by atoms with van der Waals surface area (Å²) in [7, 11) is -1.37. The van der Waals surface area contributed by atoms with E-state index in [0.29, 0.717) is 23.0 Å². The van der Waals surface area contributed by atoms with Gasteiger partial charge in [-0.3, -0.25) is 0 Å². The van der Waals surface area contributed by atoms with Gasteiger partial charge in [0.1, 0.15) is 12.1 Å². The Morgan fingerprint density at radius 1 is 1.18 bits per heavy atom. The molecule has 3 aromatic rings. The maximum atomic E-state index is 14.4. The molecule has 0 bridgehead atoms. The predicted molar refractivity (Wildman–Crippen MR) is 104 cm³/mol. The molecular formula is C18H21FN6O2S. The highest BCUT2D eigenvalue weighted by atomic mass is 32.2. The molecule has 0 spiro atoms. The first-order chi connectivity index (χ1) is 13.3. The smallest absolute Gasteiger partial charge is 0.175 e. The summed E-state index contributed by atoms with van der Waals surface area (Å²) in [4.78, 5) is 15.2. The molecule has 8 nitrogen and oxygen atoms in total. The van der Waals surface area contributed by atoms with Gasteiger partial charge in [0, 0.05) is 12.3 Å². The van der Waals surface area contributed by atoms with Gasteiger partial charge >= 0.3 is 0 Å². The number of benzene rings is 1. The molecule has 0 saturated carbocycles. The highest BCUT2D eigenvalue weighted by molar-refractivity contribution is 7.90. The van der Waals surface area contributed by atoms with Crippen molar-refractivity contribution in [2.24, 2.45) is 0 Å². The largest absolute Gasteiger partial charge is 0.336 e. The van der Waals surface area contributed by atoms with Crippen LogP contribution >= 0.6 is 0 Å². The monoisotopic (exact) mass is 404 g/mol. The zero-order valence-electron chi connectivity index (χ0n) is 15.6. The van der Waals surface area contributed by atoms with Crippen LogP contribution in [-0.4, -0.2) is 59.2 Å². The van der Waals surface area contributed by atoms with Crippen LogP contribution in [0.5, 0.6) is 0 Å². The van der Waals surface area contributed by atoms with E-state index in [1.165, 1.54) is 18.5 Å². The molecule has 10 heteroatoms. The van der Waals surface area contributed by atoms with Gasteiger partial charge in [0.2, 0.25) is 0 Å². The number of aromatic nitrogens is 4. The Morgan fingerprint density at radius 3 is 2.61 bits per heavy atom. The second-order valence-corrected chi connectivity index (χ2v) is 9.14. The lowest BCUT2D eigenvalue weighted by Gasteiger charge is -2.29. The lowest BCUT2D eigenvalue weighted by molar-refractivity contribution is 0.223. The van der Waals surface area contributed by atoms with Gasteiger partial charge in [-0.25, -0.2) is 27.8 Å². The third kappa shape index (κ3) is 3.57. The fraction of sp³-hybridized carbons (Fsp3) is 0.389. The molecule has 1 N–H and O–H groups in total. The van der Waals surface area contributed by atoms with Crippen molar-refractivity contribution in [3.63, 3.8) is 0 Å². The minimum Gasteiger partial charge on any atom is -0.336 e. The number of likely N-dealkylation sites (tertiary alicyclic amines) is 1. The maximum absolute atomic E-state index is 14.4. The van der Waals surface area contributed by atoms with E-state index < -0.39 is 15.7 Å². The maximum Gasteiger partial charge on any atom is 0.175 e. The van der Waals surface area contributed by atoms with Crippen LogP contribution in [0.4, 0.5) is 15.9 Å². The molecule has 0 amide bonds. The van der Waals surface area contributed by atoms with Crippen molar-refractivity contribution in [2.45, 2.75) is 23.8 Å². The number of fused-ring (bicyclic) bond motifs is 1. The number of sulfone groups is 1. The Balaban J connectivity index is 1.65. The number of hydrogen-bond donors (Lipinski definition) is 1. The minimum absolute atomic E-state index is 0.0741. The predicted octanol–water partition coefficient (Wildman–Crippen LogP) is 2.38. The summed E-state index contributed by atoms with van der Waals surface area (Å²) in [5.41, 5.74) is 1.37. The van der Waals surface area contributed by atoms with Crippen LogP contribution in [0.15, 0.2) is 35.7 Å². The second-order valence-electron chi connectivity index (χ2n) is 7.12. The molecule has 0 atom stereocenters. The SMILES string of the molecule is CN1CCC(n2cnc3c(Nc4ccc(S(C)(=O)=O)cc4F)ncnc32)CC1. The van der Waals surface area contributed by atoms with E-state index in [4.69, 9.17) is 0 Å². The molecule has 1 aromatic carbocycles. The van der Waals surface area contributed by atoms with Crippen LogP contribution in [0.2, 0.25) is 0 Å². The van der Waals surface area contributed by atoms with Gasteiger partial charge in [0.15, 0.2) is 26.8 Å². The number of piperidine rings is 1. The fourth-order valence-electron chi connectivity index (χ4n) is 3.44. The number of halogens is 1. The highest BCUT2D eigenvalue weighted by Gasteiger charge is 2.22. The van der Waals surface area contributed by atoms with Gasteiger partial charge < -0.3 is 14.8 Å². The normalized spacial score (nSPS) is 16.5. The Kier molecular flexibility index (Phi) is 4.76. The van der Waals surface area contributed by atoms with Crippen LogP contribution < -0.4 is 5.32 Å². The first-order valence-corrected chi connectivity index (χ1v) is 10.8. The van der Waals surface area contributed by atoms with Crippen molar-refractivity contribution in [2.75, 3.05) is 31.7 Å². The summed E-state index contributed by atoms with van der Waals surface area (Å²) in [5, 5.41) is 2.91. The van der Waals surface area contributed by atoms with Gasteiger partial charge in [-0.1, -0.05) is 0 Å². The van der Waals surface area contributed by atoms with E-state index in [1.54, 1.807) is 6.33 Å². The van der Waals surface area contributed by atoms with Gasteiger partial charge in [0.05, 0.1) is 16.9 Å². The average molecular weight is 404 g/mol. The number of imidazole rings is 1. The van der Waals surface area contributed by atoms with Gasteiger partial charge in [-0.05, 0) is 51.2 Å². The van der Waals surface area contributed by atoms with Crippen LogP contribution in [0.25, 0.3) is 11.2 Å². The standard InChI is InChI=1S/C18H21FN6O2S/c1-24-7-5-12(6-8-24)25-11-22-16-17(20-10-21-18(16)25)23-15-4-3-13(9-14(15)19)28(2,26)27/h3-4,9-12H,5-8H2,1-2H3,(H,20,21,23). The molecule has 1 fully saturated rings. The van der Waals surface area contributed by atoms with Crippen LogP contribution in [0, 0.1) is 5.82 Å². The highest BCUT2D eigenvalue weighted by Crippen LogP contribution is 2.29. The molecule has 0 aliphatic carbocycles. The van der Waals surface area contributed by atoms with E-state index in [-0.39, 0.29) is 10.6 Å². The lowest BCUT2D eigenvalue weighted by Crippen LogP contribution is -2.31. The lowest BCUT2D eigenvalue weighted by atomic mass is 10.1. The topological polar surface area (TPSA) is 93.0 Å². The van der Waals surface area contributed by atoms with E-state index in [2.05, 4.69) is 36.8 Å². The quantitative estimate of drug-likeness (QED) is 0.714. The Morgan fingerprint density at radius 2 is 1.93 bits per heavy atom. The number of hydrogen-bond acceptors (Lipinski definition) is 7. The van der Waals surface area contributed by atoms with Gasteiger partial charge in [-0.15, -0.1) is 0 Å². The summed E-state index contributed by atoms with van der Waals surface area (Å²) < 4.78 is 39.6. The molecule has 28 heavy (non-hydrogen) atoms. The molecule has 4 rings (SSSR count). The summed E-state index contributed by atoms with van der Waals surface area (Å²) in [6.45, 7) is 2.02. The third-order valence-electron chi connectivity index (χ3n) is 5.06. The molecule has 1 aliphatic rings. The van der Waals surface area contributed by atoms with Crippen molar-refractivity contribution in [3.05, 3.63) is 36.7 Å². The van der Waals surface area contributed by atoms with Gasteiger partial charge in [0.25, 0.3) is 0 Å². The molecule has 0 radical (unpaired) electrons. The molecule has 1 saturated heterocycles. The summed E-state index contributed by atoms with van der Waals surface area (Å²) in [5.74, 6) is -0.299. The van der Waals surface area contributed by atoms with Crippen molar-refractivity contribution in [1.82, 2.24) is 24.4 Å². The first-order valence-electron chi connectivity index (χ1n) is 8.95. The Labute approximate surface area is 162 Å². The van der Waals surface area contributed by atoms with Crippen LogP contribution in [0.1, 0.15) is 18.9 Å². The number of anilines is 2. The van der Waals surface area contributed by atoms with E-state index in [0.717, 1.165) is 38.3 Å². The molecule has 2 aromatic heterocycles. The second kappa shape index (κ2) is 7.10. The fourth-order valence-corrected chi connectivity index (χ4v) is 4.07. The summed E-state index contributed by atoms with van der Waals surface area (Å²) in [6.07, 6.45) is 6.23. The van der Waals surface area contributed by atoms with Crippen molar-refractivity contribution >= 4 is 32.5 Å². The van der Waals surface area contributed by atoms with Crippen molar-refractivity contribution in [3.8, 4) is 0 Å². The summed E-state index contributed by atoms with van der Waals surface area (Å²) in [6, 6.07) is 4.05. The first kappa shape index (κ1) is 18.8. The molecule has 3 heterocycles. The molecule has 148 valence electrons. The third-order valence-corrected chi connectivity index (χ3v) is 6.17. The minimum atomic E-state index is -3.48. The Bertz CT molecular complexity index is 1120. The van der Waals surface area contributed by atoms with Gasteiger partial charge in [-0.2, -0.15) is 0 Å². The molecule has 0 unspecified atom stereocenters. The summed E-state index contributed by atoms with van der Waals surface area (Å²) >= 11 is 0. The van der Waals surface area contributed by atoms with Crippen LogP contribution in [0.3, 0.4) is 0 Å². The van der Waals surface area contributed by atoms with Crippen LogP contribution in [-0.2, 0) is 9.84 Å². The van der Waals surface area contributed by atoms with Crippen molar-refractivity contribution < 1.29 is 12.8 Å². The molecule has 1 aliphatic heterocycles. The Hall–Kier alpha value is -2.59. The van der Waals surface area contributed by atoms with E-state index >= 15 is 0 Å². The number of nitrogens with one attached hydrogen (secondary N) is 1. The zero-order chi connectivity index (χ0) is 19.9. The molecular weight excluding hydrogens is 383 g/mol. The van der Waals surface area contributed by atoms with Crippen molar-refractivity contribution in [1.29, 1.82) is 0 Å². The van der Waals surface area contributed by atoms with E-state index in [9.17, 15) is 12.8 Å². The zero-order valence-corrected chi connectivity index (χ0v) is 16.4. The number of nitrogens with zero attached hydrogens (tertiary/aromatic N) is 5. The average Bonchev–Trinajstić information content (AvgIpc) is 3.08. The number of rotatable bonds is 4. The van der Waals surface area contributed by atoms with E-state index in [1.807, 2.05) is 0 Å².